The molecule has 0 spiro atoms. The van der Waals surface area contributed by atoms with Gasteiger partial charge in [-0.3, -0.25) is 14.5 Å². The van der Waals surface area contributed by atoms with Crippen molar-refractivity contribution < 1.29 is 19.1 Å². The highest BCUT2D eigenvalue weighted by Crippen LogP contribution is 2.29. The summed E-state index contributed by atoms with van der Waals surface area (Å²) in [6.07, 6.45) is -0.726. The molecule has 0 saturated carbocycles. The van der Waals surface area contributed by atoms with E-state index in [0.29, 0.717) is 11.4 Å². The highest BCUT2D eigenvalue weighted by molar-refractivity contribution is 6.24. The third-order valence-corrected chi connectivity index (χ3v) is 3.95. The van der Waals surface area contributed by atoms with E-state index in [9.17, 15) is 14.4 Å². The number of hydrogen-bond acceptors (Lipinski definition) is 4. The first-order chi connectivity index (χ1) is 12.1. The molecule has 0 aromatic heterocycles. The number of rotatable bonds is 4. The van der Waals surface area contributed by atoms with Crippen LogP contribution < -0.4 is 9.80 Å². The van der Waals surface area contributed by atoms with Gasteiger partial charge in [-0.1, -0.05) is 36.4 Å². The summed E-state index contributed by atoms with van der Waals surface area (Å²) in [5.74, 6) is -0.778. The predicted molar refractivity (Wildman–Crippen MR) is 93.3 cm³/mol. The van der Waals surface area contributed by atoms with Gasteiger partial charge in [0.05, 0.1) is 18.7 Å². The molecule has 0 radical (unpaired) electrons. The van der Waals surface area contributed by atoms with Gasteiger partial charge in [0.2, 0.25) is 5.91 Å². The van der Waals surface area contributed by atoms with Crippen molar-refractivity contribution in [1.29, 1.82) is 0 Å². The Bertz CT molecular complexity index is 777. The first-order valence-corrected chi connectivity index (χ1v) is 8.06. The summed E-state index contributed by atoms with van der Waals surface area (Å²) in [7, 11) is 0. The van der Waals surface area contributed by atoms with Gasteiger partial charge in [0, 0.05) is 5.69 Å². The summed E-state index contributed by atoms with van der Waals surface area (Å²) in [6, 6.07) is 16.5. The molecule has 1 fully saturated rings. The Hall–Kier alpha value is -3.15. The molecule has 0 bridgehead atoms. The van der Waals surface area contributed by atoms with Crippen molar-refractivity contribution in [3.63, 3.8) is 0 Å². The van der Waals surface area contributed by atoms with Crippen molar-refractivity contribution in [3.05, 3.63) is 60.7 Å². The van der Waals surface area contributed by atoms with Crippen molar-refractivity contribution in [2.45, 2.75) is 19.4 Å². The maximum atomic E-state index is 12.9. The van der Waals surface area contributed by atoms with Gasteiger partial charge < -0.3 is 4.74 Å². The Morgan fingerprint density at radius 2 is 1.68 bits per heavy atom. The molecule has 6 nitrogen and oxygen atoms in total. The Kier molecular flexibility index (Phi) is 4.79. The molecular formula is C19H18N2O4. The molecule has 1 saturated heterocycles. The number of para-hydroxylation sites is 2. The van der Waals surface area contributed by atoms with E-state index < -0.39 is 18.0 Å². The standard InChI is InChI=1S/C19H18N2O4/c1-2-25-19(24)20(14-9-5-3-6-10-14)16-13-17(22)21(18(16)23)15-11-7-4-8-12-15/h3-12,16H,2,13H2,1H3/t16-/m0/s1. The summed E-state index contributed by atoms with van der Waals surface area (Å²) >= 11 is 0. The lowest BCUT2D eigenvalue weighted by Gasteiger charge is -2.26. The Morgan fingerprint density at radius 1 is 1.08 bits per heavy atom. The fraction of sp³-hybridized carbons (Fsp3) is 0.211. The van der Waals surface area contributed by atoms with Gasteiger partial charge in [-0.2, -0.15) is 0 Å². The van der Waals surface area contributed by atoms with E-state index in [0.717, 1.165) is 4.90 Å². The van der Waals surface area contributed by atoms with Crippen LogP contribution in [0, 0.1) is 0 Å². The van der Waals surface area contributed by atoms with Gasteiger partial charge >= 0.3 is 6.09 Å². The summed E-state index contributed by atoms with van der Waals surface area (Å²) in [5, 5.41) is 0. The zero-order valence-corrected chi connectivity index (χ0v) is 13.8. The van der Waals surface area contributed by atoms with E-state index >= 15 is 0 Å². The third kappa shape index (κ3) is 3.24. The molecule has 1 atom stereocenters. The summed E-state index contributed by atoms with van der Waals surface area (Å²) in [6.45, 7) is 1.87. The average molecular weight is 338 g/mol. The number of imide groups is 1. The topological polar surface area (TPSA) is 66.9 Å². The van der Waals surface area contributed by atoms with Crippen molar-refractivity contribution in [2.24, 2.45) is 0 Å². The second-order valence-corrected chi connectivity index (χ2v) is 5.53. The van der Waals surface area contributed by atoms with E-state index in [2.05, 4.69) is 0 Å². The Balaban J connectivity index is 1.96. The highest BCUT2D eigenvalue weighted by atomic mass is 16.6. The number of hydrogen-bond donors (Lipinski definition) is 0. The Morgan fingerprint density at radius 3 is 2.28 bits per heavy atom. The van der Waals surface area contributed by atoms with Crippen LogP contribution in [0.5, 0.6) is 0 Å². The second-order valence-electron chi connectivity index (χ2n) is 5.53. The minimum Gasteiger partial charge on any atom is -0.449 e. The first kappa shape index (κ1) is 16.7. The molecule has 2 aromatic rings. The molecule has 128 valence electrons. The summed E-state index contributed by atoms with van der Waals surface area (Å²) in [5.41, 5.74) is 1.01. The first-order valence-electron chi connectivity index (χ1n) is 8.06. The largest absolute Gasteiger partial charge is 0.449 e. The van der Waals surface area contributed by atoms with E-state index in [1.807, 2.05) is 6.07 Å². The fourth-order valence-electron chi connectivity index (χ4n) is 2.86. The molecule has 3 rings (SSSR count). The molecule has 0 unspecified atom stereocenters. The normalized spacial score (nSPS) is 16.8. The molecule has 1 aliphatic heterocycles. The molecule has 2 aromatic carbocycles. The number of nitrogens with zero attached hydrogens (tertiary/aromatic N) is 2. The van der Waals surface area contributed by atoms with Crippen LogP contribution in [0.4, 0.5) is 16.2 Å². The maximum absolute atomic E-state index is 12.9. The van der Waals surface area contributed by atoms with Gasteiger partial charge in [-0.15, -0.1) is 0 Å². The van der Waals surface area contributed by atoms with Gasteiger partial charge in [-0.25, -0.2) is 9.69 Å². The predicted octanol–water partition coefficient (Wildman–Crippen LogP) is 2.98. The Labute approximate surface area is 145 Å². The fourth-order valence-corrected chi connectivity index (χ4v) is 2.86. The molecule has 1 heterocycles. The summed E-state index contributed by atoms with van der Waals surface area (Å²) < 4.78 is 5.10. The lowest BCUT2D eigenvalue weighted by Crippen LogP contribution is -2.46. The minimum absolute atomic E-state index is 0.0819. The minimum atomic E-state index is -0.922. The van der Waals surface area contributed by atoms with Crippen molar-refractivity contribution >= 4 is 29.3 Å². The van der Waals surface area contributed by atoms with E-state index in [-0.39, 0.29) is 18.9 Å². The van der Waals surface area contributed by atoms with Crippen molar-refractivity contribution in [3.8, 4) is 0 Å². The van der Waals surface area contributed by atoms with Crippen LogP contribution in [-0.4, -0.2) is 30.6 Å². The van der Waals surface area contributed by atoms with Crippen molar-refractivity contribution in [1.82, 2.24) is 0 Å². The van der Waals surface area contributed by atoms with Gasteiger partial charge in [0.15, 0.2) is 0 Å². The number of ether oxygens (including phenoxy) is 1. The van der Waals surface area contributed by atoms with Crippen LogP contribution in [0.3, 0.4) is 0 Å². The lowest BCUT2D eigenvalue weighted by atomic mass is 10.2. The van der Waals surface area contributed by atoms with Crippen molar-refractivity contribution in [2.75, 3.05) is 16.4 Å². The lowest BCUT2D eigenvalue weighted by molar-refractivity contribution is -0.121. The molecule has 6 heteroatoms. The van der Waals surface area contributed by atoms with E-state index in [1.165, 1.54) is 4.90 Å². The quantitative estimate of drug-likeness (QED) is 0.804. The smallest absolute Gasteiger partial charge is 0.415 e. The molecule has 0 aliphatic carbocycles. The maximum Gasteiger partial charge on any atom is 0.415 e. The SMILES string of the molecule is CCOC(=O)N(c1ccccc1)[C@H]1CC(=O)N(c2ccccc2)C1=O. The number of anilines is 2. The number of carbonyl (C=O) groups excluding carboxylic acids is 3. The molecule has 3 amide bonds. The summed E-state index contributed by atoms with van der Waals surface area (Å²) in [4.78, 5) is 40.2. The molecular weight excluding hydrogens is 320 g/mol. The average Bonchev–Trinajstić information content (AvgIpc) is 2.91. The highest BCUT2D eigenvalue weighted by Gasteiger charge is 2.45. The molecule has 0 N–H and O–H groups in total. The van der Waals surface area contributed by atoms with Gasteiger partial charge in [-0.05, 0) is 31.2 Å². The zero-order valence-electron chi connectivity index (χ0n) is 13.8. The molecule has 25 heavy (non-hydrogen) atoms. The number of carbonyl (C=O) groups is 3. The van der Waals surface area contributed by atoms with Gasteiger partial charge in [0.1, 0.15) is 6.04 Å². The monoisotopic (exact) mass is 338 g/mol. The van der Waals surface area contributed by atoms with Crippen LogP contribution in [-0.2, 0) is 14.3 Å². The van der Waals surface area contributed by atoms with Gasteiger partial charge in [0.25, 0.3) is 5.91 Å². The van der Waals surface area contributed by atoms with Crippen LogP contribution in [0.1, 0.15) is 13.3 Å². The van der Waals surface area contributed by atoms with E-state index in [4.69, 9.17) is 4.74 Å². The van der Waals surface area contributed by atoms with Crippen LogP contribution in [0.25, 0.3) is 0 Å². The van der Waals surface area contributed by atoms with Crippen LogP contribution in [0.2, 0.25) is 0 Å². The van der Waals surface area contributed by atoms with Crippen LogP contribution in [0.15, 0.2) is 60.7 Å². The third-order valence-electron chi connectivity index (χ3n) is 3.95. The molecule has 1 aliphatic rings. The van der Waals surface area contributed by atoms with Crippen LogP contribution >= 0.6 is 0 Å². The number of benzene rings is 2. The second kappa shape index (κ2) is 7.17. The number of amides is 3. The zero-order chi connectivity index (χ0) is 17.8. The van der Waals surface area contributed by atoms with E-state index in [1.54, 1.807) is 61.5 Å².